The van der Waals surface area contributed by atoms with Crippen molar-refractivity contribution < 1.29 is 25.9 Å². The second-order valence-corrected chi connectivity index (χ2v) is 9.92. The Balaban J connectivity index is 2.62. The predicted molar refractivity (Wildman–Crippen MR) is 107 cm³/mol. The first-order chi connectivity index (χ1) is 11.0. The van der Waals surface area contributed by atoms with Crippen LogP contribution < -0.4 is 0 Å². The normalized spacial score (nSPS) is 12.7. The molecule has 2 N–H and O–H groups in total. The Labute approximate surface area is 166 Å². The van der Waals surface area contributed by atoms with Crippen molar-refractivity contribution in [2.45, 2.75) is 9.79 Å². The van der Waals surface area contributed by atoms with Gasteiger partial charge in [0.05, 0.1) is 0 Å². The van der Waals surface area contributed by atoms with Crippen molar-refractivity contribution in [1.82, 2.24) is 0 Å². The molecular formula is C14H10I2O6S2. The minimum Gasteiger partial charge on any atom is -0.282 e. The summed E-state index contributed by atoms with van der Waals surface area (Å²) >= 11 is 3.96. The van der Waals surface area contributed by atoms with Gasteiger partial charge in [0.25, 0.3) is 20.2 Å². The summed E-state index contributed by atoms with van der Waals surface area (Å²) in [7, 11) is -8.85. The largest absolute Gasteiger partial charge is 0.295 e. The minimum absolute atomic E-state index is 0.199. The molecule has 2 aromatic carbocycles. The van der Waals surface area contributed by atoms with E-state index in [4.69, 9.17) is 0 Å². The summed E-state index contributed by atoms with van der Waals surface area (Å²) in [5.41, 5.74) is 0.397. The zero-order valence-electron chi connectivity index (χ0n) is 11.7. The topological polar surface area (TPSA) is 109 Å². The van der Waals surface area contributed by atoms with Gasteiger partial charge < -0.3 is 0 Å². The average Bonchev–Trinajstić information content (AvgIpc) is 2.42. The highest BCUT2D eigenvalue weighted by molar-refractivity contribution is 14.1. The Bertz CT molecular complexity index is 944. The van der Waals surface area contributed by atoms with Crippen LogP contribution >= 0.6 is 45.2 Å². The van der Waals surface area contributed by atoms with Gasteiger partial charge in [-0.25, -0.2) is 0 Å². The molecule has 0 saturated heterocycles. The Hall–Kier alpha value is -0.540. The summed E-state index contributed by atoms with van der Waals surface area (Å²) in [4.78, 5) is -0.587. The van der Waals surface area contributed by atoms with E-state index in [1.165, 1.54) is 48.6 Å². The van der Waals surface area contributed by atoms with Gasteiger partial charge in [-0.05, 0) is 92.7 Å². The highest BCUT2D eigenvalue weighted by atomic mass is 127. The van der Waals surface area contributed by atoms with Gasteiger partial charge in [-0.1, -0.05) is 12.2 Å². The molecule has 2 aromatic rings. The zero-order chi connectivity index (χ0) is 18.1. The van der Waals surface area contributed by atoms with Gasteiger partial charge in [-0.2, -0.15) is 16.8 Å². The van der Waals surface area contributed by atoms with E-state index < -0.39 is 20.2 Å². The molecule has 0 bridgehead atoms. The molecule has 0 unspecified atom stereocenters. The molecule has 0 radical (unpaired) electrons. The van der Waals surface area contributed by atoms with Gasteiger partial charge in [0.1, 0.15) is 9.79 Å². The van der Waals surface area contributed by atoms with Crippen LogP contribution in [0.1, 0.15) is 11.1 Å². The van der Waals surface area contributed by atoms with Crippen molar-refractivity contribution in [2.24, 2.45) is 0 Å². The van der Waals surface area contributed by atoms with Gasteiger partial charge in [0.15, 0.2) is 0 Å². The van der Waals surface area contributed by atoms with Crippen molar-refractivity contribution in [3.8, 4) is 0 Å². The van der Waals surface area contributed by atoms with Crippen molar-refractivity contribution in [3.05, 3.63) is 54.7 Å². The Morgan fingerprint density at radius 1 is 0.708 bits per heavy atom. The third-order valence-corrected chi connectivity index (χ3v) is 6.14. The summed E-state index contributed by atoms with van der Waals surface area (Å²) in [6.07, 6.45) is 2.73. The van der Waals surface area contributed by atoms with E-state index in [9.17, 15) is 25.9 Å². The summed E-state index contributed by atoms with van der Waals surface area (Å²) in [6, 6.07) is 8.62. The van der Waals surface area contributed by atoms with E-state index in [-0.39, 0.29) is 20.9 Å². The fraction of sp³-hybridized carbons (Fsp3) is 0. The van der Waals surface area contributed by atoms with Crippen LogP contribution in [0.15, 0.2) is 46.2 Å². The maximum atomic E-state index is 11.4. The SMILES string of the molecule is O=S(=O)(O)c1ccc(I)cc1/C=C/c1cc(I)ccc1S(=O)(=O)O. The van der Waals surface area contributed by atoms with Crippen molar-refractivity contribution in [3.63, 3.8) is 0 Å². The lowest BCUT2D eigenvalue weighted by Gasteiger charge is -2.06. The molecule has 0 heterocycles. The summed E-state index contributed by atoms with van der Waals surface area (Å²) < 4.78 is 65.8. The molecule has 6 nitrogen and oxygen atoms in total. The van der Waals surface area contributed by atoms with Gasteiger partial charge in [-0.3, -0.25) is 9.11 Å². The molecule has 10 heteroatoms. The molecular weight excluding hydrogens is 582 g/mol. The zero-order valence-corrected chi connectivity index (χ0v) is 17.7. The summed E-state index contributed by atoms with van der Waals surface area (Å²) in [5.74, 6) is 0. The Morgan fingerprint density at radius 2 is 1.04 bits per heavy atom. The molecule has 0 fully saturated rings. The highest BCUT2D eigenvalue weighted by Crippen LogP contribution is 2.24. The highest BCUT2D eigenvalue weighted by Gasteiger charge is 2.16. The smallest absolute Gasteiger partial charge is 0.282 e. The third kappa shape index (κ3) is 4.98. The average molecular weight is 592 g/mol. The Kier molecular flexibility index (Phi) is 6.08. The third-order valence-electron chi connectivity index (χ3n) is 2.94. The number of benzene rings is 2. The maximum absolute atomic E-state index is 11.4. The monoisotopic (exact) mass is 592 g/mol. The summed E-state index contributed by atoms with van der Waals surface area (Å²) in [5, 5.41) is 0. The lowest BCUT2D eigenvalue weighted by Crippen LogP contribution is -2.02. The van der Waals surface area contributed by atoms with Crippen molar-refractivity contribution in [1.29, 1.82) is 0 Å². The molecule has 24 heavy (non-hydrogen) atoms. The van der Waals surface area contributed by atoms with E-state index in [0.29, 0.717) is 0 Å². The van der Waals surface area contributed by atoms with E-state index >= 15 is 0 Å². The maximum Gasteiger partial charge on any atom is 0.295 e. The molecule has 2 rings (SSSR count). The van der Waals surface area contributed by atoms with Gasteiger partial charge in [0, 0.05) is 7.14 Å². The second kappa shape index (κ2) is 7.37. The quantitative estimate of drug-likeness (QED) is 0.320. The van der Waals surface area contributed by atoms with Crippen LogP contribution in [0.3, 0.4) is 0 Å². The molecule has 128 valence electrons. The molecule has 0 spiro atoms. The molecule has 0 aliphatic carbocycles. The van der Waals surface area contributed by atoms with Crippen LogP contribution in [0, 0.1) is 7.14 Å². The molecule has 0 amide bonds. The minimum atomic E-state index is -4.43. The second-order valence-electron chi connectivity index (χ2n) is 4.65. The first kappa shape index (κ1) is 19.8. The first-order valence-electron chi connectivity index (χ1n) is 6.20. The first-order valence-corrected chi connectivity index (χ1v) is 11.2. The van der Waals surface area contributed by atoms with Crippen LogP contribution in [-0.4, -0.2) is 25.9 Å². The number of hydrogen-bond acceptors (Lipinski definition) is 4. The van der Waals surface area contributed by atoms with Crippen LogP contribution in [0.25, 0.3) is 12.2 Å². The number of rotatable bonds is 4. The Morgan fingerprint density at radius 3 is 1.33 bits per heavy atom. The molecule has 0 atom stereocenters. The number of halogens is 2. The van der Waals surface area contributed by atoms with Gasteiger partial charge in [-0.15, -0.1) is 0 Å². The molecule has 0 saturated carbocycles. The van der Waals surface area contributed by atoms with Gasteiger partial charge in [0.2, 0.25) is 0 Å². The van der Waals surface area contributed by atoms with E-state index in [1.54, 1.807) is 0 Å². The lowest BCUT2D eigenvalue weighted by atomic mass is 10.1. The molecule has 0 aromatic heterocycles. The molecule has 0 aliphatic heterocycles. The van der Waals surface area contributed by atoms with Crippen LogP contribution in [-0.2, 0) is 20.2 Å². The van der Waals surface area contributed by atoms with Crippen molar-refractivity contribution >= 4 is 77.6 Å². The van der Waals surface area contributed by atoms with Crippen LogP contribution in [0.5, 0.6) is 0 Å². The van der Waals surface area contributed by atoms with E-state index in [1.807, 2.05) is 45.2 Å². The van der Waals surface area contributed by atoms with Crippen molar-refractivity contribution in [2.75, 3.05) is 0 Å². The number of hydrogen-bond donors (Lipinski definition) is 2. The standard InChI is InChI=1S/C14H10I2O6S2/c15-11-3-5-13(23(17,18)19)9(7-11)1-2-10-8-12(16)4-6-14(10)24(20,21)22/h1-8H,(H,17,18,19)(H,20,21,22)/b2-1+. The predicted octanol–water partition coefficient (Wildman–Crippen LogP) is 3.56. The lowest BCUT2D eigenvalue weighted by molar-refractivity contribution is 0.480. The van der Waals surface area contributed by atoms with E-state index in [0.717, 1.165) is 7.14 Å². The fourth-order valence-electron chi connectivity index (χ4n) is 1.95. The van der Waals surface area contributed by atoms with Gasteiger partial charge >= 0.3 is 0 Å². The molecule has 0 aliphatic rings. The van der Waals surface area contributed by atoms with Crippen LogP contribution in [0.2, 0.25) is 0 Å². The fourth-order valence-corrected chi connectivity index (χ4v) is 4.31. The van der Waals surface area contributed by atoms with Crippen LogP contribution in [0.4, 0.5) is 0 Å². The summed E-state index contributed by atoms with van der Waals surface area (Å²) in [6.45, 7) is 0. The van der Waals surface area contributed by atoms with E-state index in [2.05, 4.69) is 0 Å².